The first kappa shape index (κ1) is 26.8. The largest absolute Gasteiger partial charge is 0.207 e. The van der Waals surface area contributed by atoms with Crippen molar-refractivity contribution >= 4 is 24.3 Å². The van der Waals surface area contributed by atoms with Crippen LogP contribution in [0.25, 0.3) is 24.3 Å². The van der Waals surface area contributed by atoms with Crippen LogP contribution in [0, 0.1) is 11.6 Å². The summed E-state index contributed by atoms with van der Waals surface area (Å²) in [5.74, 6) is 0.701. The minimum absolute atomic E-state index is 0.201. The van der Waals surface area contributed by atoms with Crippen LogP contribution in [-0.2, 0) is 0 Å². The normalized spacial score (nSPS) is 11.3. The van der Waals surface area contributed by atoms with Crippen LogP contribution in [0.3, 0.4) is 0 Å². The van der Waals surface area contributed by atoms with E-state index in [1.165, 1.54) is 35.4 Å². The summed E-state index contributed by atoms with van der Waals surface area (Å²) in [7, 11) is 0. The molecule has 0 unspecified atom stereocenters. The fourth-order valence-electron chi connectivity index (χ4n) is 3.55. The molecule has 0 nitrogen and oxygen atoms in total. The Balaban J connectivity index is 0.000000201. The lowest BCUT2D eigenvalue weighted by atomic mass is 10.0. The Hall–Kier alpha value is -3.78. The summed E-state index contributed by atoms with van der Waals surface area (Å²) in [5.41, 5.74) is 6.84. The van der Waals surface area contributed by atoms with Crippen molar-refractivity contribution in [2.24, 2.45) is 0 Å². The molecule has 0 aromatic heterocycles. The fourth-order valence-corrected chi connectivity index (χ4v) is 3.55. The number of halogens is 2. The number of hydrogen-bond acceptors (Lipinski definition) is 0. The Morgan fingerprint density at radius 1 is 0.444 bits per heavy atom. The van der Waals surface area contributed by atoms with Gasteiger partial charge in [0.05, 0.1) is 0 Å². The van der Waals surface area contributed by atoms with E-state index >= 15 is 0 Å². The average molecular weight is 481 g/mol. The molecule has 0 saturated heterocycles. The van der Waals surface area contributed by atoms with Gasteiger partial charge in [-0.2, -0.15) is 0 Å². The summed E-state index contributed by atoms with van der Waals surface area (Å²) < 4.78 is 25.7. The molecule has 36 heavy (non-hydrogen) atoms. The molecule has 0 bridgehead atoms. The van der Waals surface area contributed by atoms with Crippen LogP contribution in [0.5, 0.6) is 0 Å². The van der Waals surface area contributed by atoms with Crippen molar-refractivity contribution in [3.63, 3.8) is 0 Å². The van der Waals surface area contributed by atoms with E-state index in [1.807, 2.05) is 30.4 Å². The van der Waals surface area contributed by atoms with Gasteiger partial charge in [0.2, 0.25) is 0 Å². The Kier molecular flexibility index (Phi) is 9.94. The maximum atomic E-state index is 13.0. The second kappa shape index (κ2) is 13.3. The van der Waals surface area contributed by atoms with E-state index in [2.05, 4.69) is 76.2 Å². The summed E-state index contributed by atoms with van der Waals surface area (Å²) in [6.45, 7) is 8.72. The summed E-state index contributed by atoms with van der Waals surface area (Å²) >= 11 is 0. The molecule has 0 N–H and O–H groups in total. The van der Waals surface area contributed by atoms with E-state index in [-0.39, 0.29) is 11.6 Å². The number of rotatable bonds is 6. The highest BCUT2D eigenvalue weighted by Gasteiger charge is 1.98. The zero-order valence-corrected chi connectivity index (χ0v) is 21.5. The third-order valence-electron chi connectivity index (χ3n) is 5.86. The molecule has 4 aromatic rings. The van der Waals surface area contributed by atoms with Crippen LogP contribution < -0.4 is 0 Å². The minimum Gasteiger partial charge on any atom is -0.207 e. The summed E-state index contributed by atoms with van der Waals surface area (Å²) in [5, 5.41) is 0. The third kappa shape index (κ3) is 8.78. The zero-order chi connectivity index (χ0) is 25.9. The number of benzene rings is 4. The molecule has 0 heterocycles. The third-order valence-corrected chi connectivity index (χ3v) is 5.86. The molecular weight excluding hydrogens is 446 g/mol. The monoisotopic (exact) mass is 480 g/mol. The topological polar surface area (TPSA) is 0 Å². The van der Waals surface area contributed by atoms with Crippen LogP contribution in [0.4, 0.5) is 8.78 Å². The van der Waals surface area contributed by atoms with E-state index in [1.54, 1.807) is 18.2 Å². The van der Waals surface area contributed by atoms with Gasteiger partial charge in [0.15, 0.2) is 0 Å². The Morgan fingerprint density at radius 2 is 0.833 bits per heavy atom. The molecular formula is C34H34F2. The zero-order valence-electron chi connectivity index (χ0n) is 21.5. The van der Waals surface area contributed by atoms with Gasteiger partial charge in [-0.1, -0.05) is 125 Å². The second-order valence-corrected chi connectivity index (χ2v) is 9.42. The molecule has 0 fully saturated rings. The number of hydrogen-bond donors (Lipinski definition) is 0. The van der Waals surface area contributed by atoms with Crippen molar-refractivity contribution < 1.29 is 8.78 Å². The van der Waals surface area contributed by atoms with Crippen molar-refractivity contribution in [2.45, 2.75) is 39.5 Å². The van der Waals surface area contributed by atoms with Crippen molar-refractivity contribution in [2.75, 3.05) is 0 Å². The Labute approximate surface area is 214 Å². The Morgan fingerprint density at radius 3 is 1.22 bits per heavy atom. The lowest BCUT2D eigenvalue weighted by molar-refractivity contribution is 0.627. The molecule has 0 spiro atoms. The second-order valence-electron chi connectivity index (χ2n) is 9.42. The van der Waals surface area contributed by atoms with Crippen molar-refractivity contribution in [3.8, 4) is 0 Å². The fraction of sp³-hybridized carbons (Fsp3) is 0.176. The summed E-state index contributed by atoms with van der Waals surface area (Å²) in [6, 6.07) is 30.0. The molecule has 2 heteroatoms. The maximum absolute atomic E-state index is 13.0. The summed E-state index contributed by atoms with van der Waals surface area (Å²) in [4.78, 5) is 0. The van der Waals surface area contributed by atoms with E-state index < -0.39 is 0 Å². The maximum Gasteiger partial charge on any atom is 0.123 e. The lowest BCUT2D eigenvalue weighted by Gasteiger charge is -2.04. The van der Waals surface area contributed by atoms with Gasteiger partial charge in [-0.15, -0.1) is 0 Å². The molecule has 0 aliphatic heterocycles. The van der Waals surface area contributed by atoms with Crippen LogP contribution in [0.2, 0.25) is 0 Å². The first-order valence-electron chi connectivity index (χ1n) is 12.4. The predicted molar refractivity (Wildman–Crippen MR) is 152 cm³/mol. The average Bonchev–Trinajstić information content (AvgIpc) is 2.88. The van der Waals surface area contributed by atoms with E-state index in [9.17, 15) is 8.78 Å². The van der Waals surface area contributed by atoms with Gasteiger partial charge < -0.3 is 0 Å². The van der Waals surface area contributed by atoms with Crippen LogP contribution in [0.1, 0.15) is 72.9 Å². The van der Waals surface area contributed by atoms with E-state index in [4.69, 9.17) is 0 Å². The van der Waals surface area contributed by atoms with E-state index in [0.717, 1.165) is 22.3 Å². The Bertz CT molecular complexity index is 1260. The van der Waals surface area contributed by atoms with Gasteiger partial charge in [0, 0.05) is 0 Å². The standard InChI is InChI=1S/2C17H17F/c1-13(2)16-9-5-14(6-10-16)3-4-15-7-11-17(18)12-8-15;1-13(2)16-10-8-14(9-11-16)6-7-15-4-3-5-17(18)12-15/h2*3-13H,1-2H3/b4-3+;7-6+. The smallest absolute Gasteiger partial charge is 0.123 e. The molecule has 0 atom stereocenters. The molecule has 0 radical (unpaired) electrons. The van der Waals surface area contributed by atoms with Gasteiger partial charge >= 0.3 is 0 Å². The highest BCUT2D eigenvalue weighted by atomic mass is 19.1. The quantitative estimate of drug-likeness (QED) is 0.241. The van der Waals surface area contributed by atoms with Crippen molar-refractivity contribution in [1.29, 1.82) is 0 Å². The first-order chi connectivity index (χ1) is 17.3. The predicted octanol–water partition coefficient (Wildman–Crippen LogP) is 10.2. The molecule has 0 amide bonds. The van der Waals surface area contributed by atoms with Gasteiger partial charge in [-0.3, -0.25) is 0 Å². The van der Waals surface area contributed by atoms with Gasteiger partial charge in [0.1, 0.15) is 11.6 Å². The van der Waals surface area contributed by atoms with Gasteiger partial charge in [0.25, 0.3) is 0 Å². The molecule has 0 aliphatic carbocycles. The molecule has 0 aliphatic rings. The highest BCUT2D eigenvalue weighted by molar-refractivity contribution is 5.70. The lowest BCUT2D eigenvalue weighted by Crippen LogP contribution is -1.85. The van der Waals surface area contributed by atoms with Gasteiger partial charge in [-0.25, -0.2) is 8.78 Å². The van der Waals surface area contributed by atoms with E-state index in [0.29, 0.717) is 11.8 Å². The molecule has 4 rings (SSSR count). The van der Waals surface area contributed by atoms with Crippen LogP contribution in [0.15, 0.2) is 97.1 Å². The SMILES string of the molecule is CC(C)c1ccc(/C=C/c2ccc(F)cc2)cc1.CC(C)c1ccc(/C=C/c2cccc(F)c2)cc1. The molecule has 4 aromatic carbocycles. The van der Waals surface area contributed by atoms with Crippen LogP contribution >= 0.6 is 0 Å². The first-order valence-corrected chi connectivity index (χ1v) is 12.4. The molecule has 184 valence electrons. The van der Waals surface area contributed by atoms with Crippen LogP contribution in [-0.4, -0.2) is 0 Å². The summed E-state index contributed by atoms with van der Waals surface area (Å²) in [6.07, 6.45) is 7.95. The minimum atomic E-state index is -0.202. The van der Waals surface area contributed by atoms with Crippen molar-refractivity contribution in [3.05, 3.63) is 142 Å². The molecule has 0 saturated carbocycles. The highest BCUT2D eigenvalue weighted by Crippen LogP contribution is 2.17. The van der Waals surface area contributed by atoms with Gasteiger partial charge in [-0.05, 0) is 69.5 Å². The van der Waals surface area contributed by atoms with Crippen molar-refractivity contribution in [1.82, 2.24) is 0 Å².